The molecule has 1 unspecified atom stereocenters. The smallest absolute Gasteiger partial charge is 0.143 e. The van der Waals surface area contributed by atoms with E-state index < -0.39 is 0 Å². The molecule has 106 valence electrons. The van der Waals surface area contributed by atoms with Crippen LogP contribution in [-0.2, 0) is 0 Å². The van der Waals surface area contributed by atoms with E-state index in [0.717, 1.165) is 28.0 Å². The SMILES string of the molecule is CCCC1CC=C(c2cc3ccc(C)c(F)c3s2)CC1. The van der Waals surface area contributed by atoms with E-state index in [1.807, 2.05) is 19.1 Å². The van der Waals surface area contributed by atoms with Crippen molar-refractivity contribution in [2.24, 2.45) is 5.92 Å². The Bertz CT molecular complexity index is 651. The number of benzene rings is 1. The van der Waals surface area contributed by atoms with Gasteiger partial charge in [0.25, 0.3) is 0 Å². The minimum Gasteiger partial charge on any atom is -0.205 e. The van der Waals surface area contributed by atoms with Crippen molar-refractivity contribution in [2.45, 2.75) is 46.0 Å². The molecule has 0 bridgehead atoms. The fourth-order valence-corrected chi connectivity index (χ4v) is 4.33. The number of allylic oxidation sites excluding steroid dienone is 2. The molecule has 2 aromatic rings. The van der Waals surface area contributed by atoms with E-state index in [4.69, 9.17) is 0 Å². The van der Waals surface area contributed by atoms with Gasteiger partial charge in [-0.25, -0.2) is 4.39 Å². The predicted molar refractivity (Wildman–Crippen MR) is 86.7 cm³/mol. The zero-order valence-corrected chi connectivity index (χ0v) is 13.0. The fourth-order valence-electron chi connectivity index (χ4n) is 3.11. The van der Waals surface area contributed by atoms with E-state index in [1.165, 1.54) is 36.1 Å². The predicted octanol–water partition coefficient (Wildman–Crippen LogP) is 6.33. The van der Waals surface area contributed by atoms with Gasteiger partial charge in [0.15, 0.2) is 0 Å². The summed E-state index contributed by atoms with van der Waals surface area (Å²) in [6, 6.07) is 6.08. The van der Waals surface area contributed by atoms with Gasteiger partial charge in [-0.05, 0) is 54.7 Å². The van der Waals surface area contributed by atoms with Crippen molar-refractivity contribution in [1.82, 2.24) is 0 Å². The number of halogens is 1. The molecule has 0 amide bonds. The molecule has 0 radical (unpaired) electrons. The Morgan fingerprint density at radius 1 is 1.35 bits per heavy atom. The molecule has 0 nitrogen and oxygen atoms in total. The van der Waals surface area contributed by atoms with Crippen molar-refractivity contribution in [3.63, 3.8) is 0 Å². The van der Waals surface area contributed by atoms with E-state index in [0.29, 0.717) is 0 Å². The molecule has 0 spiro atoms. The maximum absolute atomic E-state index is 14.1. The topological polar surface area (TPSA) is 0 Å². The van der Waals surface area contributed by atoms with Gasteiger partial charge in [0.1, 0.15) is 5.82 Å². The summed E-state index contributed by atoms with van der Waals surface area (Å²) in [4.78, 5) is 1.26. The van der Waals surface area contributed by atoms with Crippen molar-refractivity contribution < 1.29 is 4.39 Å². The molecular weight excluding hydrogens is 267 g/mol. The number of hydrogen-bond donors (Lipinski definition) is 0. The highest BCUT2D eigenvalue weighted by Crippen LogP contribution is 2.38. The third-order valence-corrected chi connectivity index (χ3v) is 5.57. The van der Waals surface area contributed by atoms with Crippen LogP contribution in [0, 0.1) is 18.7 Å². The molecule has 1 aromatic heterocycles. The van der Waals surface area contributed by atoms with Crippen LogP contribution in [0.3, 0.4) is 0 Å². The zero-order valence-electron chi connectivity index (χ0n) is 12.2. The van der Waals surface area contributed by atoms with Crippen molar-refractivity contribution in [2.75, 3.05) is 0 Å². The number of fused-ring (bicyclic) bond motifs is 1. The minimum atomic E-state index is -0.0426. The molecule has 2 heteroatoms. The fraction of sp³-hybridized carbons (Fsp3) is 0.444. The van der Waals surface area contributed by atoms with Gasteiger partial charge in [0, 0.05) is 4.88 Å². The van der Waals surface area contributed by atoms with Crippen LogP contribution in [0.25, 0.3) is 15.7 Å². The summed E-state index contributed by atoms with van der Waals surface area (Å²) < 4.78 is 14.9. The molecule has 1 aromatic carbocycles. The van der Waals surface area contributed by atoms with E-state index in [1.54, 1.807) is 11.3 Å². The Balaban J connectivity index is 1.90. The molecule has 0 aliphatic heterocycles. The molecule has 1 aliphatic carbocycles. The lowest BCUT2D eigenvalue weighted by atomic mass is 9.86. The summed E-state index contributed by atoms with van der Waals surface area (Å²) in [5, 5.41) is 1.05. The third-order valence-electron chi connectivity index (χ3n) is 4.35. The van der Waals surface area contributed by atoms with Gasteiger partial charge in [0.05, 0.1) is 4.70 Å². The monoisotopic (exact) mass is 288 g/mol. The number of hydrogen-bond acceptors (Lipinski definition) is 1. The van der Waals surface area contributed by atoms with Crippen LogP contribution in [0.2, 0.25) is 0 Å². The third kappa shape index (κ3) is 2.54. The maximum atomic E-state index is 14.1. The first-order chi connectivity index (χ1) is 9.69. The standard InChI is InChI=1S/C18H21FS/c1-3-4-13-6-9-14(10-7-13)16-11-15-8-5-12(2)17(19)18(15)20-16/h5,8-9,11,13H,3-4,6-7,10H2,1-2H3. The summed E-state index contributed by atoms with van der Waals surface area (Å²) in [5.74, 6) is 0.816. The summed E-state index contributed by atoms with van der Waals surface area (Å²) in [6.07, 6.45) is 8.64. The molecule has 0 fully saturated rings. The molecule has 3 rings (SSSR count). The number of rotatable bonds is 3. The van der Waals surface area contributed by atoms with Gasteiger partial charge < -0.3 is 0 Å². The second-order valence-corrected chi connectivity index (χ2v) is 6.94. The van der Waals surface area contributed by atoms with E-state index >= 15 is 0 Å². The van der Waals surface area contributed by atoms with Gasteiger partial charge in [-0.15, -0.1) is 11.3 Å². The summed E-state index contributed by atoms with van der Waals surface area (Å²) in [5.41, 5.74) is 2.17. The van der Waals surface area contributed by atoms with Crippen molar-refractivity contribution in [3.05, 3.63) is 40.5 Å². The second-order valence-electron chi connectivity index (χ2n) is 5.88. The number of thiophene rings is 1. The Hall–Kier alpha value is -1.15. The van der Waals surface area contributed by atoms with Crippen LogP contribution in [0.15, 0.2) is 24.3 Å². The highest BCUT2D eigenvalue weighted by molar-refractivity contribution is 7.20. The Kier molecular flexibility index (Phi) is 3.93. The molecule has 0 saturated carbocycles. The van der Waals surface area contributed by atoms with Crippen molar-refractivity contribution in [1.29, 1.82) is 0 Å². The van der Waals surface area contributed by atoms with E-state index in [9.17, 15) is 4.39 Å². The van der Waals surface area contributed by atoms with Gasteiger partial charge in [0.2, 0.25) is 0 Å². The average Bonchev–Trinajstić information content (AvgIpc) is 2.89. The molecule has 1 aliphatic rings. The normalized spacial score (nSPS) is 19.4. The van der Waals surface area contributed by atoms with Crippen LogP contribution < -0.4 is 0 Å². The molecule has 0 N–H and O–H groups in total. The lowest BCUT2D eigenvalue weighted by Gasteiger charge is -2.20. The largest absolute Gasteiger partial charge is 0.205 e. The molecule has 0 saturated heterocycles. The highest BCUT2D eigenvalue weighted by Gasteiger charge is 2.17. The molecule has 1 heterocycles. The maximum Gasteiger partial charge on any atom is 0.143 e. The first-order valence-electron chi connectivity index (χ1n) is 7.57. The molecule has 20 heavy (non-hydrogen) atoms. The van der Waals surface area contributed by atoms with Gasteiger partial charge in [-0.3, -0.25) is 0 Å². The number of aryl methyl sites for hydroxylation is 1. The second kappa shape index (κ2) is 5.69. The van der Waals surface area contributed by atoms with Gasteiger partial charge in [-0.2, -0.15) is 0 Å². The van der Waals surface area contributed by atoms with Gasteiger partial charge >= 0.3 is 0 Å². The highest BCUT2D eigenvalue weighted by atomic mass is 32.1. The van der Waals surface area contributed by atoms with Crippen LogP contribution in [0.4, 0.5) is 4.39 Å². The quantitative estimate of drug-likeness (QED) is 0.619. The first-order valence-corrected chi connectivity index (χ1v) is 8.38. The van der Waals surface area contributed by atoms with E-state index in [-0.39, 0.29) is 5.82 Å². The summed E-state index contributed by atoms with van der Waals surface area (Å²) in [6.45, 7) is 4.10. The Labute approximate surface area is 124 Å². The van der Waals surface area contributed by atoms with Crippen molar-refractivity contribution in [3.8, 4) is 0 Å². The first kappa shape index (κ1) is 13.8. The average molecular weight is 288 g/mol. The van der Waals surface area contributed by atoms with Crippen LogP contribution in [-0.4, -0.2) is 0 Å². The Morgan fingerprint density at radius 2 is 2.20 bits per heavy atom. The van der Waals surface area contributed by atoms with Crippen LogP contribution >= 0.6 is 11.3 Å². The summed E-state index contributed by atoms with van der Waals surface area (Å²) in [7, 11) is 0. The molecule has 1 atom stereocenters. The van der Waals surface area contributed by atoms with Crippen LogP contribution in [0.1, 0.15) is 49.5 Å². The minimum absolute atomic E-state index is 0.0426. The lowest BCUT2D eigenvalue weighted by Crippen LogP contribution is -2.04. The zero-order chi connectivity index (χ0) is 14.1. The Morgan fingerprint density at radius 3 is 2.90 bits per heavy atom. The van der Waals surface area contributed by atoms with Crippen molar-refractivity contribution >= 4 is 27.0 Å². The molecular formula is C18H21FS. The summed E-state index contributed by atoms with van der Waals surface area (Å²) >= 11 is 1.62. The van der Waals surface area contributed by atoms with Gasteiger partial charge in [-0.1, -0.05) is 38.0 Å². The van der Waals surface area contributed by atoms with E-state index in [2.05, 4.69) is 19.1 Å². The lowest BCUT2D eigenvalue weighted by molar-refractivity contribution is 0.445. The van der Waals surface area contributed by atoms with Crippen LogP contribution in [0.5, 0.6) is 0 Å².